The van der Waals surface area contributed by atoms with Crippen molar-refractivity contribution in [3.8, 4) is 0 Å². The number of hydrogen-bond acceptors (Lipinski definition) is 7. The van der Waals surface area contributed by atoms with Gasteiger partial charge in [0.15, 0.2) is 11.4 Å². The predicted molar refractivity (Wildman–Crippen MR) is 88.3 cm³/mol. The number of rotatable bonds is 7. The third-order valence-electron chi connectivity index (χ3n) is 3.30. The van der Waals surface area contributed by atoms with Crippen LogP contribution in [0.4, 0.5) is 5.82 Å². The molecule has 0 bridgehead atoms. The highest BCUT2D eigenvalue weighted by atomic mass is 32.2. The summed E-state index contributed by atoms with van der Waals surface area (Å²) >= 11 is 0. The molecule has 23 heavy (non-hydrogen) atoms. The zero-order chi connectivity index (χ0) is 16.3. The Bertz CT molecular complexity index is 921. The maximum atomic E-state index is 11.0. The molecule has 3 rings (SSSR count). The van der Waals surface area contributed by atoms with Crippen molar-refractivity contribution in [2.24, 2.45) is 0 Å². The van der Waals surface area contributed by atoms with Gasteiger partial charge in [0.2, 0.25) is 0 Å². The van der Waals surface area contributed by atoms with Gasteiger partial charge in [-0.3, -0.25) is 0 Å². The second-order valence-corrected chi connectivity index (χ2v) is 7.43. The highest BCUT2D eigenvalue weighted by molar-refractivity contribution is 7.90. The van der Waals surface area contributed by atoms with E-state index in [0.29, 0.717) is 24.6 Å². The molecule has 0 fully saturated rings. The number of nitrogens with one attached hydrogen (secondary N) is 1. The molecule has 0 saturated carbocycles. The predicted octanol–water partition coefficient (Wildman–Crippen LogP) is 1.85. The molecule has 122 valence electrons. The minimum Gasteiger partial charge on any atom is -0.450 e. The van der Waals surface area contributed by atoms with Crippen LogP contribution in [0.1, 0.15) is 0 Å². The maximum absolute atomic E-state index is 11.0. The van der Waals surface area contributed by atoms with Gasteiger partial charge in [-0.2, -0.15) is 0 Å². The van der Waals surface area contributed by atoms with Gasteiger partial charge in [-0.1, -0.05) is 12.1 Å². The van der Waals surface area contributed by atoms with Crippen molar-refractivity contribution in [1.82, 2.24) is 9.97 Å². The number of nitrogens with zero attached hydrogens (tertiary/aromatic N) is 2. The summed E-state index contributed by atoms with van der Waals surface area (Å²) in [5, 5.41) is 4.07. The zero-order valence-electron chi connectivity index (χ0n) is 12.7. The molecule has 0 aliphatic heterocycles. The summed E-state index contributed by atoms with van der Waals surface area (Å²) in [5.74, 6) is 0.617. The normalized spacial score (nSPS) is 12.0. The Kier molecular flexibility index (Phi) is 4.44. The Morgan fingerprint density at radius 3 is 2.87 bits per heavy atom. The third kappa shape index (κ3) is 3.77. The summed E-state index contributed by atoms with van der Waals surface area (Å²) in [5.41, 5.74) is 2.12. The second kappa shape index (κ2) is 6.51. The van der Waals surface area contributed by atoms with Gasteiger partial charge in [0.25, 0.3) is 0 Å². The Hall–Kier alpha value is -2.19. The van der Waals surface area contributed by atoms with Gasteiger partial charge >= 0.3 is 0 Å². The second-order valence-electron chi connectivity index (χ2n) is 5.17. The van der Waals surface area contributed by atoms with Crippen LogP contribution in [0, 0.1) is 0 Å². The molecule has 2 heterocycles. The molecule has 0 saturated heterocycles. The van der Waals surface area contributed by atoms with Crippen LogP contribution < -0.4 is 5.32 Å². The maximum Gasteiger partial charge on any atom is 0.196 e. The fraction of sp³-hybridized carbons (Fsp3) is 0.333. The number of ether oxygens (including phenoxy) is 1. The standard InChI is InChI=1S/C15H17N3O4S/c1-23(19,20)9-8-21-7-6-16-15-14-13(17-10-18-15)11-4-2-3-5-12(11)22-14/h2-5,10H,6-9H2,1H3,(H,16,17,18). The van der Waals surface area contributed by atoms with Crippen molar-refractivity contribution in [3.05, 3.63) is 30.6 Å². The molecule has 1 aromatic carbocycles. The van der Waals surface area contributed by atoms with E-state index in [0.717, 1.165) is 16.5 Å². The smallest absolute Gasteiger partial charge is 0.196 e. The van der Waals surface area contributed by atoms with Gasteiger partial charge in [-0.15, -0.1) is 0 Å². The highest BCUT2D eigenvalue weighted by Crippen LogP contribution is 2.29. The van der Waals surface area contributed by atoms with Gasteiger partial charge in [0, 0.05) is 18.2 Å². The molecule has 0 aliphatic rings. The van der Waals surface area contributed by atoms with Crippen LogP contribution in [0.3, 0.4) is 0 Å². The van der Waals surface area contributed by atoms with Crippen LogP contribution in [0.5, 0.6) is 0 Å². The Morgan fingerprint density at radius 2 is 2.04 bits per heavy atom. The Morgan fingerprint density at radius 1 is 1.22 bits per heavy atom. The average Bonchev–Trinajstić information content (AvgIpc) is 2.89. The minimum absolute atomic E-state index is 0.0221. The molecule has 8 heteroatoms. The fourth-order valence-electron chi connectivity index (χ4n) is 2.20. The number of hydrogen-bond donors (Lipinski definition) is 1. The lowest BCUT2D eigenvalue weighted by Crippen LogP contribution is -2.15. The topological polar surface area (TPSA) is 94.3 Å². The lowest BCUT2D eigenvalue weighted by atomic mass is 10.2. The molecule has 0 spiro atoms. The molecule has 0 radical (unpaired) electrons. The molecular formula is C15H17N3O4S. The lowest BCUT2D eigenvalue weighted by molar-refractivity contribution is 0.159. The van der Waals surface area contributed by atoms with E-state index < -0.39 is 9.84 Å². The van der Waals surface area contributed by atoms with E-state index in [1.807, 2.05) is 24.3 Å². The van der Waals surface area contributed by atoms with Crippen molar-refractivity contribution in [2.45, 2.75) is 0 Å². The number of benzene rings is 1. The average molecular weight is 335 g/mol. The van der Waals surface area contributed by atoms with Crippen LogP contribution in [-0.4, -0.2) is 50.2 Å². The van der Waals surface area contributed by atoms with Gasteiger partial charge < -0.3 is 14.5 Å². The van der Waals surface area contributed by atoms with Crippen LogP contribution in [0.2, 0.25) is 0 Å². The summed E-state index contributed by atoms with van der Waals surface area (Å²) in [7, 11) is -2.99. The van der Waals surface area contributed by atoms with E-state index in [-0.39, 0.29) is 12.4 Å². The number of aromatic nitrogens is 2. The van der Waals surface area contributed by atoms with Crippen molar-refractivity contribution >= 4 is 37.7 Å². The quantitative estimate of drug-likeness (QED) is 0.658. The number of para-hydroxylation sites is 1. The van der Waals surface area contributed by atoms with Crippen LogP contribution in [0.25, 0.3) is 22.1 Å². The van der Waals surface area contributed by atoms with E-state index in [2.05, 4.69) is 15.3 Å². The van der Waals surface area contributed by atoms with E-state index in [1.165, 1.54) is 12.6 Å². The first-order valence-electron chi connectivity index (χ1n) is 7.16. The monoisotopic (exact) mass is 335 g/mol. The molecule has 2 aromatic heterocycles. The Labute approximate surface area is 133 Å². The zero-order valence-corrected chi connectivity index (χ0v) is 13.5. The molecule has 0 amide bonds. The van der Waals surface area contributed by atoms with Crippen LogP contribution >= 0.6 is 0 Å². The molecule has 7 nitrogen and oxygen atoms in total. The van der Waals surface area contributed by atoms with E-state index in [1.54, 1.807) is 0 Å². The van der Waals surface area contributed by atoms with Gasteiger partial charge in [0.1, 0.15) is 27.3 Å². The van der Waals surface area contributed by atoms with Crippen molar-refractivity contribution in [3.63, 3.8) is 0 Å². The van der Waals surface area contributed by atoms with Gasteiger partial charge in [-0.05, 0) is 12.1 Å². The van der Waals surface area contributed by atoms with E-state index >= 15 is 0 Å². The SMILES string of the molecule is CS(=O)(=O)CCOCCNc1ncnc2c1oc1ccccc12. The van der Waals surface area contributed by atoms with E-state index in [9.17, 15) is 8.42 Å². The number of anilines is 1. The molecule has 1 N–H and O–H groups in total. The summed E-state index contributed by atoms with van der Waals surface area (Å²) in [6.45, 7) is 1.05. The third-order valence-corrected chi connectivity index (χ3v) is 4.20. The first-order chi connectivity index (χ1) is 11.0. The summed E-state index contributed by atoms with van der Waals surface area (Å²) in [4.78, 5) is 8.46. The molecular weight excluding hydrogens is 318 g/mol. The molecule has 3 aromatic rings. The van der Waals surface area contributed by atoms with Crippen molar-refractivity contribution in [1.29, 1.82) is 0 Å². The lowest BCUT2D eigenvalue weighted by Gasteiger charge is -2.06. The first-order valence-corrected chi connectivity index (χ1v) is 9.22. The summed E-state index contributed by atoms with van der Waals surface area (Å²) in [6.07, 6.45) is 2.67. The van der Waals surface area contributed by atoms with Gasteiger partial charge in [-0.25, -0.2) is 18.4 Å². The molecule has 0 aliphatic carbocycles. The molecule has 0 atom stereocenters. The first kappa shape index (κ1) is 15.7. The van der Waals surface area contributed by atoms with Crippen molar-refractivity contribution < 1.29 is 17.6 Å². The van der Waals surface area contributed by atoms with Crippen molar-refractivity contribution in [2.75, 3.05) is 37.1 Å². The van der Waals surface area contributed by atoms with E-state index in [4.69, 9.17) is 9.15 Å². The fourth-order valence-corrected chi connectivity index (χ4v) is 2.62. The minimum atomic E-state index is -2.99. The largest absolute Gasteiger partial charge is 0.450 e. The number of furan rings is 1. The van der Waals surface area contributed by atoms with Crippen LogP contribution in [-0.2, 0) is 14.6 Å². The number of fused-ring (bicyclic) bond motifs is 3. The van der Waals surface area contributed by atoms with Gasteiger partial charge in [0.05, 0.1) is 19.0 Å². The summed E-state index contributed by atoms with van der Waals surface area (Å²) in [6, 6.07) is 7.67. The Balaban J connectivity index is 1.64. The summed E-state index contributed by atoms with van der Waals surface area (Å²) < 4.78 is 33.1. The molecule has 0 unspecified atom stereocenters. The number of sulfone groups is 1. The van der Waals surface area contributed by atoms with Crippen LogP contribution in [0.15, 0.2) is 35.0 Å². The highest BCUT2D eigenvalue weighted by Gasteiger charge is 2.12.